The number of likely N-dealkylation sites (N-methyl/N-ethyl adjacent to an activating group) is 1. The third-order valence-electron chi connectivity index (χ3n) is 3.05. The molecule has 1 atom stereocenters. The highest BCUT2D eigenvalue weighted by atomic mass is 79.9. The number of aromatic nitrogens is 1. The Balaban J connectivity index is 2.78. The van der Waals surface area contributed by atoms with Crippen molar-refractivity contribution in [3.8, 4) is 5.75 Å². The van der Waals surface area contributed by atoms with Gasteiger partial charge in [0.25, 0.3) is 5.91 Å². The van der Waals surface area contributed by atoms with E-state index < -0.39 is 5.97 Å². The monoisotopic (exact) mass is 316 g/mol. The van der Waals surface area contributed by atoms with Crippen LogP contribution in [-0.4, -0.2) is 47.2 Å². The lowest BCUT2D eigenvalue weighted by molar-refractivity contribution is 0.0691. The van der Waals surface area contributed by atoms with Crippen molar-refractivity contribution < 1.29 is 19.4 Å². The summed E-state index contributed by atoms with van der Waals surface area (Å²) in [5, 5.41) is 9.22. The summed E-state index contributed by atoms with van der Waals surface area (Å²) < 4.78 is 7.16. The number of hydrogen-bond acceptors (Lipinski definition) is 3. The van der Waals surface area contributed by atoms with Gasteiger partial charge < -0.3 is 19.3 Å². The molecule has 18 heavy (non-hydrogen) atoms. The van der Waals surface area contributed by atoms with Crippen LogP contribution in [0.2, 0.25) is 0 Å². The molecule has 1 aliphatic heterocycles. The van der Waals surface area contributed by atoms with Crippen molar-refractivity contribution in [2.24, 2.45) is 0 Å². The summed E-state index contributed by atoms with van der Waals surface area (Å²) in [6, 6.07) is -0.0147. The average molecular weight is 317 g/mol. The Hall–Kier alpha value is -1.50. The maximum absolute atomic E-state index is 12.1. The molecule has 2 heterocycles. The molecule has 1 unspecified atom stereocenters. The molecule has 0 aromatic carbocycles. The molecule has 2 rings (SSSR count). The van der Waals surface area contributed by atoms with E-state index in [0.717, 1.165) is 0 Å². The van der Waals surface area contributed by atoms with Gasteiger partial charge in [-0.25, -0.2) is 4.79 Å². The molecule has 0 spiro atoms. The molecular weight excluding hydrogens is 304 g/mol. The SMILES string of the molecule is COc1c(C(=O)O)c(Br)n2c1C(=O)N(C)CC2C. The van der Waals surface area contributed by atoms with Crippen LogP contribution in [0.3, 0.4) is 0 Å². The van der Waals surface area contributed by atoms with E-state index in [-0.39, 0.29) is 29.0 Å². The molecule has 1 aromatic rings. The third kappa shape index (κ3) is 1.61. The molecule has 1 N–H and O–H groups in total. The molecule has 0 bridgehead atoms. The molecular formula is C11H13BrN2O4. The van der Waals surface area contributed by atoms with Crippen molar-refractivity contribution >= 4 is 27.8 Å². The summed E-state index contributed by atoms with van der Waals surface area (Å²) in [4.78, 5) is 25.0. The second-order valence-electron chi connectivity index (χ2n) is 4.26. The number of methoxy groups -OCH3 is 1. The van der Waals surface area contributed by atoms with Crippen molar-refractivity contribution in [2.45, 2.75) is 13.0 Å². The summed E-state index contributed by atoms with van der Waals surface area (Å²) in [5.74, 6) is -1.25. The van der Waals surface area contributed by atoms with Gasteiger partial charge in [0.15, 0.2) is 11.4 Å². The number of ether oxygens (including phenoxy) is 1. The van der Waals surface area contributed by atoms with Crippen molar-refractivity contribution in [3.05, 3.63) is 15.9 Å². The van der Waals surface area contributed by atoms with E-state index in [0.29, 0.717) is 11.1 Å². The van der Waals surface area contributed by atoms with Crippen molar-refractivity contribution in [1.82, 2.24) is 9.47 Å². The number of aromatic carboxylic acids is 1. The van der Waals surface area contributed by atoms with Gasteiger partial charge in [0.05, 0.1) is 7.11 Å². The van der Waals surface area contributed by atoms with Crippen LogP contribution in [0.1, 0.15) is 33.8 Å². The zero-order valence-electron chi connectivity index (χ0n) is 10.2. The smallest absolute Gasteiger partial charge is 0.342 e. The first-order chi connectivity index (χ1) is 8.40. The van der Waals surface area contributed by atoms with Gasteiger partial charge in [0.1, 0.15) is 10.2 Å². The molecule has 7 heteroatoms. The van der Waals surface area contributed by atoms with Crippen LogP contribution >= 0.6 is 15.9 Å². The second kappa shape index (κ2) is 4.31. The fourth-order valence-electron chi connectivity index (χ4n) is 2.28. The van der Waals surface area contributed by atoms with E-state index in [4.69, 9.17) is 4.74 Å². The molecule has 98 valence electrons. The highest BCUT2D eigenvalue weighted by Gasteiger charge is 2.37. The largest absolute Gasteiger partial charge is 0.493 e. The van der Waals surface area contributed by atoms with Crippen LogP contribution in [0.4, 0.5) is 0 Å². The lowest BCUT2D eigenvalue weighted by Gasteiger charge is -2.30. The van der Waals surface area contributed by atoms with Crippen molar-refractivity contribution in [3.63, 3.8) is 0 Å². The Kier molecular flexibility index (Phi) is 3.10. The summed E-state index contributed by atoms with van der Waals surface area (Å²) in [6.07, 6.45) is 0. The van der Waals surface area contributed by atoms with E-state index >= 15 is 0 Å². The number of carbonyl (C=O) groups is 2. The summed E-state index contributed by atoms with van der Waals surface area (Å²) >= 11 is 3.25. The highest BCUT2D eigenvalue weighted by molar-refractivity contribution is 9.10. The summed E-state index contributed by atoms with van der Waals surface area (Å²) in [6.45, 7) is 2.45. The third-order valence-corrected chi connectivity index (χ3v) is 3.83. The molecule has 0 aliphatic carbocycles. The topological polar surface area (TPSA) is 71.8 Å². The van der Waals surface area contributed by atoms with Gasteiger partial charge in [-0.05, 0) is 22.9 Å². The Morgan fingerprint density at radius 2 is 2.17 bits per heavy atom. The first-order valence-corrected chi connectivity index (χ1v) is 6.15. The standard InChI is InChI=1S/C11H13BrN2O4/c1-5-4-13(2)10(15)7-8(18-3)6(11(16)17)9(12)14(5)7/h5H,4H2,1-3H3,(H,16,17). The van der Waals surface area contributed by atoms with Crippen LogP contribution < -0.4 is 4.74 Å². The zero-order chi connectivity index (χ0) is 13.6. The van der Waals surface area contributed by atoms with Gasteiger partial charge in [-0.3, -0.25) is 4.79 Å². The van der Waals surface area contributed by atoms with Crippen LogP contribution in [-0.2, 0) is 0 Å². The lowest BCUT2D eigenvalue weighted by Crippen LogP contribution is -2.39. The van der Waals surface area contributed by atoms with Crippen LogP contribution in [0.5, 0.6) is 5.75 Å². The Bertz CT molecular complexity index is 538. The molecule has 0 saturated heterocycles. The van der Waals surface area contributed by atoms with Crippen LogP contribution in [0, 0.1) is 0 Å². The minimum absolute atomic E-state index is 0.0111. The second-order valence-corrected chi connectivity index (χ2v) is 5.01. The fourth-order valence-corrected chi connectivity index (χ4v) is 3.16. The highest BCUT2D eigenvalue weighted by Crippen LogP contribution is 2.39. The van der Waals surface area contributed by atoms with Crippen molar-refractivity contribution in [1.29, 1.82) is 0 Å². The van der Waals surface area contributed by atoms with Gasteiger partial charge in [-0.15, -0.1) is 0 Å². The minimum Gasteiger partial charge on any atom is -0.493 e. The van der Waals surface area contributed by atoms with Gasteiger partial charge in [-0.2, -0.15) is 0 Å². The van der Waals surface area contributed by atoms with Crippen LogP contribution in [0.25, 0.3) is 0 Å². The predicted octanol–water partition coefficient (Wildman–Crippen LogP) is 1.60. The number of hydrogen-bond donors (Lipinski definition) is 1. The number of carboxylic acids is 1. The fraction of sp³-hybridized carbons (Fsp3) is 0.455. The minimum atomic E-state index is -1.12. The van der Waals surface area contributed by atoms with E-state index in [1.807, 2.05) is 6.92 Å². The summed E-state index contributed by atoms with van der Waals surface area (Å²) in [7, 11) is 3.05. The van der Waals surface area contributed by atoms with Crippen molar-refractivity contribution in [2.75, 3.05) is 20.7 Å². The number of amides is 1. The van der Waals surface area contributed by atoms with E-state index in [1.54, 1.807) is 16.5 Å². The quantitative estimate of drug-likeness (QED) is 0.899. The van der Waals surface area contributed by atoms with E-state index in [9.17, 15) is 14.7 Å². The first kappa shape index (κ1) is 12.9. The van der Waals surface area contributed by atoms with E-state index in [1.165, 1.54) is 7.11 Å². The molecule has 0 radical (unpaired) electrons. The Morgan fingerprint density at radius 3 is 2.67 bits per heavy atom. The molecule has 6 nitrogen and oxygen atoms in total. The number of carboxylic acid groups (broad SMARTS) is 1. The molecule has 0 saturated carbocycles. The average Bonchev–Trinajstić information content (AvgIpc) is 2.59. The maximum Gasteiger partial charge on any atom is 0.342 e. The van der Waals surface area contributed by atoms with Gasteiger partial charge in [-0.1, -0.05) is 0 Å². The Morgan fingerprint density at radius 1 is 1.56 bits per heavy atom. The number of halogens is 1. The molecule has 0 fully saturated rings. The maximum atomic E-state index is 12.1. The number of fused-ring (bicyclic) bond motifs is 1. The number of carbonyl (C=O) groups excluding carboxylic acids is 1. The Labute approximate surface area is 112 Å². The zero-order valence-corrected chi connectivity index (χ0v) is 11.8. The summed E-state index contributed by atoms with van der Waals surface area (Å²) in [5.41, 5.74) is 0.269. The first-order valence-electron chi connectivity index (χ1n) is 5.36. The molecule has 1 aliphatic rings. The van der Waals surface area contributed by atoms with Gasteiger partial charge >= 0.3 is 5.97 Å². The molecule has 1 aromatic heterocycles. The molecule has 1 amide bonds. The lowest BCUT2D eigenvalue weighted by atomic mass is 10.2. The number of nitrogens with zero attached hydrogens (tertiary/aromatic N) is 2. The predicted molar refractivity (Wildman–Crippen MR) is 67.3 cm³/mol. The van der Waals surface area contributed by atoms with Gasteiger partial charge in [0.2, 0.25) is 0 Å². The number of rotatable bonds is 2. The van der Waals surface area contributed by atoms with E-state index in [2.05, 4.69) is 15.9 Å². The van der Waals surface area contributed by atoms with Gasteiger partial charge in [0, 0.05) is 19.6 Å². The normalized spacial score (nSPS) is 18.8. The van der Waals surface area contributed by atoms with Crippen LogP contribution in [0.15, 0.2) is 4.60 Å².